The third-order valence-corrected chi connectivity index (χ3v) is 12.3. The van der Waals surface area contributed by atoms with Crippen LogP contribution in [-0.4, -0.2) is 24.9 Å². The molecule has 9 aromatic rings. The van der Waals surface area contributed by atoms with Gasteiger partial charge in [0.2, 0.25) is 0 Å². The summed E-state index contributed by atoms with van der Waals surface area (Å²) in [6, 6.07) is 68.7. The van der Waals surface area contributed by atoms with Gasteiger partial charge in [-0.25, -0.2) is 9.98 Å². The van der Waals surface area contributed by atoms with E-state index in [0.29, 0.717) is 18.2 Å². The Morgan fingerprint density at radius 2 is 1.00 bits per heavy atom. The fourth-order valence-electron chi connectivity index (χ4n) is 9.26. The molecule has 0 N–H and O–H groups in total. The Bertz CT molecular complexity index is 3300. The summed E-state index contributed by atoms with van der Waals surface area (Å²) < 4.78 is 6.70. The Morgan fingerprint density at radius 1 is 0.500 bits per heavy atom. The van der Waals surface area contributed by atoms with Gasteiger partial charge >= 0.3 is 0 Å². The van der Waals surface area contributed by atoms with Crippen LogP contribution in [-0.2, 0) is 0 Å². The molecule has 0 aromatic heterocycles. The fraction of sp³-hybridized carbons (Fsp3) is 0.0517. The van der Waals surface area contributed by atoms with E-state index in [0.717, 1.165) is 40.2 Å². The second kappa shape index (κ2) is 15.9. The lowest BCUT2D eigenvalue weighted by Gasteiger charge is -2.17. The minimum Gasteiger partial charge on any atom is -0.461 e. The van der Waals surface area contributed by atoms with Crippen LogP contribution in [0, 0.1) is 0 Å². The lowest BCUT2D eigenvalue weighted by Crippen LogP contribution is -2.08. The molecule has 0 fully saturated rings. The van der Waals surface area contributed by atoms with E-state index >= 15 is 0 Å². The van der Waals surface area contributed by atoms with E-state index in [1.165, 1.54) is 65.7 Å². The Hall–Kier alpha value is -7.95. The van der Waals surface area contributed by atoms with Gasteiger partial charge in [0.15, 0.2) is 11.7 Å². The first-order chi connectivity index (χ1) is 30.7. The Kier molecular flexibility index (Phi) is 9.51. The van der Waals surface area contributed by atoms with Crippen LogP contribution in [0.15, 0.2) is 233 Å². The molecule has 4 heteroatoms. The summed E-state index contributed by atoms with van der Waals surface area (Å²) in [6.45, 7) is 4.27. The summed E-state index contributed by atoms with van der Waals surface area (Å²) in [4.78, 5) is 14.2. The molecule has 294 valence electrons. The van der Waals surface area contributed by atoms with Gasteiger partial charge in [-0.15, -0.1) is 0 Å². The van der Waals surface area contributed by atoms with Gasteiger partial charge in [0.25, 0.3) is 0 Å². The highest BCUT2D eigenvalue weighted by molar-refractivity contribution is 6.26. The molecule has 1 unspecified atom stereocenters. The zero-order chi connectivity index (χ0) is 41.4. The van der Waals surface area contributed by atoms with Crippen molar-refractivity contribution in [3.05, 3.63) is 234 Å². The van der Waals surface area contributed by atoms with Crippen molar-refractivity contribution in [2.75, 3.05) is 6.54 Å². The number of hydrogen-bond acceptors (Lipinski definition) is 2. The number of ether oxygens (including phenoxy) is 1. The highest BCUT2D eigenvalue weighted by Crippen LogP contribution is 2.48. The minimum atomic E-state index is 0.171. The van der Waals surface area contributed by atoms with Crippen molar-refractivity contribution in [2.45, 2.75) is 12.3 Å². The van der Waals surface area contributed by atoms with Crippen molar-refractivity contribution in [1.82, 2.24) is 0 Å². The van der Waals surface area contributed by atoms with Gasteiger partial charge in [-0.1, -0.05) is 188 Å². The van der Waals surface area contributed by atoms with Crippen LogP contribution in [0.2, 0.25) is 0 Å². The topological polar surface area (TPSA) is 46.3 Å². The molecule has 62 heavy (non-hydrogen) atoms. The molecule has 0 saturated heterocycles. The molecule has 0 radical (unpaired) electrons. The largest absolute Gasteiger partial charge is 0.461 e. The molecule has 0 amide bonds. The Morgan fingerprint density at radius 3 is 1.61 bits per heavy atom. The van der Waals surface area contributed by atoms with E-state index in [9.17, 15) is 0 Å². The van der Waals surface area contributed by atoms with Crippen molar-refractivity contribution < 1.29 is 4.74 Å². The molecular formula is C58H41N3O. The summed E-state index contributed by atoms with van der Waals surface area (Å²) in [7, 11) is 0. The second-order valence-corrected chi connectivity index (χ2v) is 15.9. The SMILES string of the molecule is C=N/C(=N\C(=N/CC1=CCC2C(=C1)Oc1cc(-c3ccccc3-c3ccccc3-c3ccc4c5ccccc5c5ccccc5c4c3)ccc12)c1ccccc1)c1ccccc1. The number of aliphatic imine (C=N–C) groups is 3. The number of amidine groups is 2. The molecule has 2 aliphatic rings. The number of hydrogen-bond donors (Lipinski definition) is 0. The van der Waals surface area contributed by atoms with E-state index in [1.807, 2.05) is 60.7 Å². The van der Waals surface area contributed by atoms with Crippen LogP contribution >= 0.6 is 0 Å². The fourth-order valence-corrected chi connectivity index (χ4v) is 9.26. The van der Waals surface area contributed by atoms with Crippen LogP contribution in [0.5, 0.6) is 5.75 Å². The van der Waals surface area contributed by atoms with E-state index in [-0.39, 0.29) is 5.92 Å². The first-order valence-corrected chi connectivity index (χ1v) is 21.2. The highest BCUT2D eigenvalue weighted by Gasteiger charge is 2.31. The molecule has 1 atom stereocenters. The Balaban J connectivity index is 0.905. The van der Waals surface area contributed by atoms with E-state index in [4.69, 9.17) is 14.7 Å². The molecule has 9 aromatic carbocycles. The van der Waals surface area contributed by atoms with Crippen molar-refractivity contribution in [1.29, 1.82) is 0 Å². The maximum absolute atomic E-state index is 6.70. The Labute approximate surface area is 361 Å². The predicted octanol–water partition coefficient (Wildman–Crippen LogP) is 14.4. The number of fused-ring (bicyclic) bond motifs is 9. The average molecular weight is 796 g/mol. The monoisotopic (exact) mass is 795 g/mol. The van der Waals surface area contributed by atoms with Gasteiger partial charge in [0.05, 0.1) is 6.54 Å². The summed E-state index contributed by atoms with van der Waals surface area (Å²) in [5.74, 6) is 3.19. The minimum absolute atomic E-state index is 0.171. The number of allylic oxidation sites excluding steroid dienone is 2. The van der Waals surface area contributed by atoms with Crippen molar-refractivity contribution in [3.8, 4) is 39.1 Å². The molecule has 1 heterocycles. The van der Waals surface area contributed by atoms with Gasteiger partial charge in [0, 0.05) is 22.6 Å². The summed E-state index contributed by atoms with van der Waals surface area (Å²) in [5.41, 5.74) is 11.2. The number of nitrogens with zero attached hydrogens (tertiary/aromatic N) is 3. The normalized spacial score (nSPS) is 14.9. The molecule has 11 rings (SSSR count). The van der Waals surface area contributed by atoms with Crippen LogP contribution in [0.1, 0.15) is 29.0 Å². The second-order valence-electron chi connectivity index (χ2n) is 15.9. The number of rotatable bonds is 7. The lowest BCUT2D eigenvalue weighted by atomic mass is 9.86. The number of benzene rings is 9. The van der Waals surface area contributed by atoms with E-state index in [2.05, 4.69) is 157 Å². The zero-order valence-electron chi connectivity index (χ0n) is 34.1. The molecular weight excluding hydrogens is 755 g/mol. The smallest absolute Gasteiger partial charge is 0.161 e. The average Bonchev–Trinajstić information content (AvgIpc) is 3.72. The van der Waals surface area contributed by atoms with Gasteiger partial charge in [-0.3, -0.25) is 4.99 Å². The van der Waals surface area contributed by atoms with E-state index < -0.39 is 0 Å². The van der Waals surface area contributed by atoms with Gasteiger partial charge in [-0.2, -0.15) is 0 Å². The maximum atomic E-state index is 6.70. The van der Waals surface area contributed by atoms with Gasteiger partial charge < -0.3 is 4.74 Å². The summed E-state index contributed by atoms with van der Waals surface area (Å²) >= 11 is 0. The highest BCUT2D eigenvalue weighted by atomic mass is 16.5. The lowest BCUT2D eigenvalue weighted by molar-refractivity contribution is 0.424. The third-order valence-electron chi connectivity index (χ3n) is 12.3. The van der Waals surface area contributed by atoms with Crippen LogP contribution < -0.4 is 4.74 Å². The molecule has 0 saturated carbocycles. The first kappa shape index (κ1) is 37.1. The quantitative estimate of drug-likeness (QED) is 0.0900. The summed E-state index contributed by atoms with van der Waals surface area (Å²) in [6.07, 6.45) is 5.29. The van der Waals surface area contributed by atoms with Gasteiger partial charge in [-0.05, 0) is 103 Å². The van der Waals surface area contributed by atoms with Crippen molar-refractivity contribution in [3.63, 3.8) is 0 Å². The zero-order valence-corrected chi connectivity index (χ0v) is 34.1. The predicted molar refractivity (Wildman–Crippen MR) is 260 cm³/mol. The molecule has 1 aliphatic heterocycles. The molecule has 0 spiro atoms. The van der Waals surface area contributed by atoms with Crippen LogP contribution in [0.3, 0.4) is 0 Å². The van der Waals surface area contributed by atoms with Crippen molar-refractivity contribution in [2.24, 2.45) is 15.0 Å². The molecule has 1 aliphatic carbocycles. The van der Waals surface area contributed by atoms with Crippen LogP contribution in [0.4, 0.5) is 0 Å². The third kappa shape index (κ3) is 6.72. The molecule has 0 bridgehead atoms. The molecule has 4 nitrogen and oxygen atoms in total. The maximum Gasteiger partial charge on any atom is 0.161 e. The summed E-state index contributed by atoms with van der Waals surface area (Å²) in [5, 5.41) is 7.66. The van der Waals surface area contributed by atoms with E-state index in [1.54, 1.807) is 0 Å². The van der Waals surface area contributed by atoms with Crippen LogP contribution in [0.25, 0.3) is 65.7 Å². The van der Waals surface area contributed by atoms with Crippen molar-refractivity contribution >= 4 is 50.7 Å². The standard InChI is InChI=1S/C58H41N3O/c1-59-57(39-16-4-2-5-17-39)61-58(40-18-6-3-7-19-40)60-37-38-28-31-52-53-33-30-42(36-56(53)62-55(52)34-38)44-21-9-11-23-46(44)45-22-10-8-20-43(45)41-29-32-51-49-26-13-12-24-47(49)48-25-14-15-27-50(48)54(51)35-41/h2-30,32-36,52H,1,31,37H2/b60-58-,61-57-. The first-order valence-electron chi connectivity index (χ1n) is 21.2. The van der Waals surface area contributed by atoms with Gasteiger partial charge in [0.1, 0.15) is 11.5 Å².